The fraction of sp³-hybridized carbons (Fsp3) is 0.500. The number of carbonyl (C=O) groups excluding carboxylic acids is 3. The maximum absolute atomic E-state index is 12.8. The van der Waals surface area contributed by atoms with Crippen LogP contribution in [0.5, 0.6) is 5.75 Å². The number of nitrogens with zero attached hydrogens (tertiary/aromatic N) is 1. The molecule has 0 unspecified atom stereocenters. The monoisotopic (exact) mass is 346 g/mol. The number of carbonyl (C=O) groups is 3. The Hall–Kier alpha value is -2.41. The third-order valence-corrected chi connectivity index (χ3v) is 5.08. The first-order valence-corrected chi connectivity index (χ1v) is 8.74. The van der Waals surface area contributed by atoms with E-state index in [1.54, 1.807) is 24.3 Å². The van der Waals surface area contributed by atoms with Crippen molar-refractivity contribution in [2.75, 3.05) is 24.6 Å². The van der Waals surface area contributed by atoms with Gasteiger partial charge in [-0.05, 0) is 31.2 Å². The van der Waals surface area contributed by atoms with E-state index in [-0.39, 0.29) is 36.1 Å². The van der Waals surface area contributed by atoms with Gasteiger partial charge in [0.05, 0.1) is 31.8 Å². The number of hydrogen-bond acceptors (Lipinski definition) is 4. The molecule has 2 aliphatic heterocycles. The van der Waals surface area contributed by atoms with Crippen LogP contribution >= 0.6 is 0 Å². The zero-order chi connectivity index (χ0) is 18.0. The molecule has 7 nitrogen and oxygen atoms in total. The lowest BCUT2D eigenvalue weighted by Crippen LogP contribution is -3.17. The molecule has 0 saturated carbocycles. The van der Waals surface area contributed by atoms with Gasteiger partial charge in [0.15, 0.2) is 6.04 Å². The summed E-state index contributed by atoms with van der Waals surface area (Å²) in [4.78, 5) is 38.8. The molecule has 3 amide bonds. The first-order valence-electron chi connectivity index (χ1n) is 8.74. The van der Waals surface area contributed by atoms with Crippen LogP contribution in [0.1, 0.15) is 26.2 Å². The zero-order valence-electron chi connectivity index (χ0n) is 14.4. The molecule has 134 valence electrons. The Morgan fingerprint density at radius 3 is 2.44 bits per heavy atom. The lowest BCUT2D eigenvalue weighted by Gasteiger charge is -2.30. The standard InChI is InChI=1S/C18H23N3O4/c1-2-25-14-5-3-13(4-6-14)21-16(22)11-15(18(21)24)20-9-7-12(8-10-20)17(19)23/h3-6,12,15H,2,7-11H2,1H3,(H2,19,23)/p+1/t15-/m1/s1. The summed E-state index contributed by atoms with van der Waals surface area (Å²) in [5, 5.41) is 0. The predicted octanol–water partition coefficient (Wildman–Crippen LogP) is -0.503. The summed E-state index contributed by atoms with van der Waals surface area (Å²) < 4.78 is 5.39. The van der Waals surface area contributed by atoms with Gasteiger partial charge in [0, 0.05) is 18.8 Å². The van der Waals surface area contributed by atoms with E-state index in [4.69, 9.17) is 10.5 Å². The average Bonchev–Trinajstić information content (AvgIpc) is 2.91. The zero-order valence-corrected chi connectivity index (χ0v) is 14.4. The number of anilines is 1. The number of piperidine rings is 1. The molecular formula is C18H24N3O4+. The Morgan fingerprint density at radius 2 is 1.88 bits per heavy atom. The molecule has 1 aromatic carbocycles. The highest BCUT2D eigenvalue weighted by atomic mass is 16.5. The second-order valence-corrected chi connectivity index (χ2v) is 6.59. The van der Waals surface area contributed by atoms with Crippen LogP contribution in [0.25, 0.3) is 0 Å². The Labute approximate surface area is 146 Å². The van der Waals surface area contributed by atoms with Crippen molar-refractivity contribution in [3.63, 3.8) is 0 Å². The molecule has 25 heavy (non-hydrogen) atoms. The summed E-state index contributed by atoms with van der Waals surface area (Å²) in [6.45, 7) is 3.84. The van der Waals surface area contributed by atoms with Crippen molar-refractivity contribution in [1.82, 2.24) is 0 Å². The Kier molecular flexibility index (Phi) is 5.03. The Morgan fingerprint density at radius 1 is 1.24 bits per heavy atom. The third-order valence-electron chi connectivity index (χ3n) is 5.08. The van der Waals surface area contributed by atoms with E-state index in [1.165, 1.54) is 4.90 Å². The molecule has 2 heterocycles. The highest BCUT2D eigenvalue weighted by Gasteiger charge is 2.46. The lowest BCUT2D eigenvalue weighted by molar-refractivity contribution is -0.920. The number of hydrogen-bond donors (Lipinski definition) is 2. The van der Waals surface area contributed by atoms with Crippen LogP contribution in [0, 0.1) is 5.92 Å². The van der Waals surface area contributed by atoms with E-state index in [9.17, 15) is 14.4 Å². The van der Waals surface area contributed by atoms with Crippen molar-refractivity contribution < 1.29 is 24.0 Å². The molecule has 2 aliphatic rings. The minimum atomic E-state index is -0.368. The maximum Gasteiger partial charge on any atom is 0.292 e. The number of nitrogens with two attached hydrogens (primary N) is 1. The van der Waals surface area contributed by atoms with E-state index in [0.717, 1.165) is 4.90 Å². The maximum atomic E-state index is 12.8. The molecule has 1 aromatic rings. The smallest absolute Gasteiger partial charge is 0.292 e. The fourth-order valence-electron chi connectivity index (χ4n) is 3.70. The number of primary amides is 1. The van der Waals surface area contributed by atoms with Crippen molar-refractivity contribution in [2.24, 2.45) is 11.7 Å². The molecule has 2 saturated heterocycles. The van der Waals surface area contributed by atoms with Crippen LogP contribution in [0.2, 0.25) is 0 Å². The van der Waals surface area contributed by atoms with Gasteiger partial charge in [0.25, 0.3) is 5.91 Å². The third kappa shape index (κ3) is 3.51. The van der Waals surface area contributed by atoms with E-state index in [0.29, 0.717) is 44.0 Å². The SMILES string of the molecule is CCOc1ccc(N2C(=O)C[C@@H]([NH+]3CCC(C(N)=O)CC3)C2=O)cc1. The van der Waals surface area contributed by atoms with Gasteiger partial charge < -0.3 is 15.4 Å². The predicted molar refractivity (Wildman–Crippen MR) is 91.1 cm³/mol. The number of likely N-dealkylation sites (tertiary alicyclic amines) is 1. The van der Waals surface area contributed by atoms with Crippen LogP contribution in [-0.4, -0.2) is 43.5 Å². The Bertz CT molecular complexity index is 665. The molecule has 0 radical (unpaired) electrons. The molecule has 2 fully saturated rings. The normalized spacial score (nSPS) is 26.8. The number of nitrogens with one attached hydrogen (secondary N) is 1. The van der Waals surface area contributed by atoms with Crippen LogP contribution in [-0.2, 0) is 14.4 Å². The van der Waals surface area contributed by atoms with Crippen molar-refractivity contribution >= 4 is 23.4 Å². The first kappa shape index (κ1) is 17.4. The van der Waals surface area contributed by atoms with Crippen LogP contribution in [0.3, 0.4) is 0 Å². The molecule has 0 aromatic heterocycles. The van der Waals surface area contributed by atoms with Crippen LogP contribution in [0.4, 0.5) is 5.69 Å². The summed E-state index contributed by atoms with van der Waals surface area (Å²) in [6.07, 6.45) is 1.56. The topological polar surface area (TPSA) is 94.1 Å². The highest BCUT2D eigenvalue weighted by Crippen LogP contribution is 2.25. The highest BCUT2D eigenvalue weighted by molar-refractivity contribution is 6.21. The second kappa shape index (κ2) is 7.23. The summed E-state index contributed by atoms with van der Waals surface area (Å²) >= 11 is 0. The fourth-order valence-corrected chi connectivity index (χ4v) is 3.70. The number of quaternary nitrogens is 1. The van der Waals surface area contributed by atoms with Crippen LogP contribution in [0.15, 0.2) is 24.3 Å². The van der Waals surface area contributed by atoms with Crippen molar-refractivity contribution in [3.8, 4) is 5.75 Å². The minimum absolute atomic E-state index is 0.113. The van der Waals surface area contributed by atoms with E-state index < -0.39 is 0 Å². The van der Waals surface area contributed by atoms with Gasteiger partial charge in [-0.2, -0.15) is 0 Å². The molecule has 7 heteroatoms. The largest absolute Gasteiger partial charge is 0.494 e. The lowest BCUT2D eigenvalue weighted by atomic mass is 9.95. The van der Waals surface area contributed by atoms with Crippen molar-refractivity contribution in [3.05, 3.63) is 24.3 Å². The first-order chi connectivity index (χ1) is 12.0. The van der Waals surface area contributed by atoms with Crippen molar-refractivity contribution in [1.29, 1.82) is 0 Å². The number of rotatable bonds is 5. The summed E-state index contributed by atoms with van der Waals surface area (Å²) in [5.41, 5.74) is 5.94. The molecule has 0 spiro atoms. The van der Waals surface area contributed by atoms with Gasteiger partial charge in [-0.3, -0.25) is 14.4 Å². The molecule has 0 aliphatic carbocycles. The molecule has 0 bridgehead atoms. The van der Waals surface area contributed by atoms with Gasteiger partial charge >= 0.3 is 0 Å². The summed E-state index contributed by atoms with van der Waals surface area (Å²) in [7, 11) is 0. The van der Waals surface area contributed by atoms with Gasteiger partial charge in [0.2, 0.25) is 11.8 Å². The quantitative estimate of drug-likeness (QED) is 0.703. The van der Waals surface area contributed by atoms with E-state index >= 15 is 0 Å². The van der Waals surface area contributed by atoms with Gasteiger partial charge in [-0.15, -0.1) is 0 Å². The van der Waals surface area contributed by atoms with E-state index in [2.05, 4.69) is 0 Å². The minimum Gasteiger partial charge on any atom is -0.494 e. The molecule has 3 N–H and O–H groups in total. The molecule has 3 rings (SSSR count). The van der Waals surface area contributed by atoms with Crippen LogP contribution < -0.4 is 20.3 Å². The average molecular weight is 346 g/mol. The Balaban J connectivity index is 1.69. The molecule has 1 atom stereocenters. The van der Waals surface area contributed by atoms with Gasteiger partial charge in [-0.25, -0.2) is 4.90 Å². The number of amides is 3. The second-order valence-electron chi connectivity index (χ2n) is 6.59. The number of imide groups is 1. The summed E-state index contributed by atoms with van der Waals surface area (Å²) in [6, 6.07) is 6.62. The molecular weight excluding hydrogens is 322 g/mol. The number of benzene rings is 1. The number of ether oxygens (including phenoxy) is 1. The van der Waals surface area contributed by atoms with Crippen molar-refractivity contribution in [2.45, 2.75) is 32.2 Å². The van der Waals surface area contributed by atoms with Gasteiger partial charge in [-0.1, -0.05) is 0 Å². The van der Waals surface area contributed by atoms with E-state index in [1.807, 2.05) is 6.92 Å². The summed E-state index contributed by atoms with van der Waals surface area (Å²) in [5.74, 6) is -0.0199. The van der Waals surface area contributed by atoms with Gasteiger partial charge in [0.1, 0.15) is 5.75 Å².